The van der Waals surface area contributed by atoms with Crippen molar-refractivity contribution < 1.29 is 14.3 Å². The number of amides is 1. The third-order valence-electron chi connectivity index (χ3n) is 4.42. The minimum absolute atomic E-state index is 0.299. The maximum atomic E-state index is 12.6. The molecule has 1 aromatic carbocycles. The zero-order valence-electron chi connectivity index (χ0n) is 15.2. The van der Waals surface area contributed by atoms with E-state index in [1.165, 1.54) is 12.8 Å². The van der Waals surface area contributed by atoms with Gasteiger partial charge in [-0.1, -0.05) is 12.8 Å². The molecule has 0 unspecified atom stereocenters. The Morgan fingerprint density at radius 2 is 1.85 bits per heavy atom. The monoisotopic (exact) mass is 356 g/mol. The molecule has 1 aromatic heterocycles. The number of hydrogen-bond acceptors (Lipinski definition) is 6. The molecule has 7 heteroatoms. The van der Waals surface area contributed by atoms with E-state index >= 15 is 0 Å². The maximum Gasteiger partial charge on any atom is 0.274 e. The number of hydrogen-bond donors (Lipinski definition) is 1. The SMILES string of the molecule is COc1ccc(NC(=O)c2ccnc(N3CCCCCC3)n2)c(OC)c1. The van der Waals surface area contributed by atoms with Gasteiger partial charge < -0.3 is 19.7 Å². The van der Waals surface area contributed by atoms with Crippen LogP contribution in [-0.4, -0.2) is 43.2 Å². The summed E-state index contributed by atoms with van der Waals surface area (Å²) in [5, 5.41) is 2.84. The van der Waals surface area contributed by atoms with E-state index in [2.05, 4.69) is 20.2 Å². The normalized spacial score (nSPS) is 14.5. The fourth-order valence-electron chi connectivity index (χ4n) is 2.99. The molecule has 0 bridgehead atoms. The van der Waals surface area contributed by atoms with Gasteiger partial charge in [-0.2, -0.15) is 0 Å². The van der Waals surface area contributed by atoms with Gasteiger partial charge in [-0.3, -0.25) is 4.79 Å². The van der Waals surface area contributed by atoms with Gasteiger partial charge in [-0.25, -0.2) is 9.97 Å². The number of aromatic nitrogens is 2. The van der Waals surface area contributed by atoms with Gasteiger partial charge in [0.15, 0.2) is 0 Å². The van der Waals surface area contributed by atoms with Crippen LogP contribution in [0.5, 0.6) is 11.5 Å². The first-order chi connectivity index (χ1) is 12.7. The molecule has 26 heavy (non-hydrogen) atoms. The van der Waals surface area contributed by atoms with Crippen molar-refractivity contribution in [2.75, 3.05) is 37.5 Å². The molecule has 0 aliphatic carbocycles. The van der Waals surface area contributed by atoms with Crippen molar-refractivity contribution in [3.63, 3.8) is 0 Å². The molecule has 1 fully saturated rings. The minimum atomic E-state index is -0.299. The van der Waals surface area contributed by atoms with Crippen molar-refractivity contribution in [2.24, 2.45) is 0 Å². The first-order valence-corrected chi connectivity index (χ1v) is 8.82. The zero-order valence-corrected chi connectivity index (χ0v) is 15.2. The van der Waals surface area contributed by atoms with Crippen LogP contribution in [0.15, 0.2) is 30.5 Å². The van der Waals surface area contributed by atoms with Crippen LogP contribution < -0.4 is 19.7 Å². The summed E-state index contributed by atoms with van der Waals surface area (Å²) in [4.78, 5) is 23.6. The smallest absolute Gasteiger partial charge is 0.274 e. The van der Waals surface area contributed by atoms with E-state index in [1.54, 1.807) is 44.7 Å². The van der Waals surface area contributed by atoms with Crippen molar-refractivity contribution in [1.82, 2.24) is 9.97 Å². The Labute approximate surface area is 153 Å². The Hall–Kier alpha value is -2.83. The number of anilines is 2. The summed E-state index contributed by atoms with van der Waals surface area (Å²) in [6, 6.07) is 6.85. The molecule has 1 aliphatic heterocycles. The summed E-state index contributed by atoms with van der Waals surface area (Å²) in [5.41, 5.74) is 0.894. The number of nitrogens with zero attached hydrogens (tertiary/aromatic N) is 3. The molecule has 0 saturated carbocycles. The first-order valence-electron chi connectivity index (χ1n) is 8.82. The highest BCUT2D eigenvalue weighted by Gasteiger charge is 2.16. The summed E-state index contributed by atoms with van der Waals surface area (Å²) < 4.78 is 10.5. The van der Waals surface area contributed by atoms with Crippen molar-refractivity contribution in [1.29, 1.82) is 0 Å². The van der Waals surface area contributed by atoms with Gasteiger partial charge in [0.05, 0.1) is 19.9 Å². The molecule has 1 aliphatic rings. The number of rotatable bonds is 5. The standard InChI is InChI=1S/C19H24N4O3/c1-25-14-7-8-15(17(13-14)26-2)21-18(24)16-9-10-20-19(22-16)23-11-5-3-4-6-12-23/h7-10,13H,3-6,11-12H2,1-2H3,(H,21,24). The van der Waals surface area contributed by atoms with Crippen LogP contribution in [0.4, 0.5) is 11.6 Å². The number of ether oxygens (including phenoxy) is 2. The number of benzene rings is 1. The Morgan fingerprint density at radius 3 is 2.54 bits per heavy atom. The Kier molecular flexibility index (Phi) is 5.88. The van der Waals surface area contributed by atoms with Crippen LogP contribution in [-0.2, 0) is 0 Å². The maximum absolute atomic E-state index is 12.6. The van der Waals surface area contributed by atoms with E-state index in [4.69, 9.17) is 9.47 Å². The molecule has 138 valence electrons. The Balaban J connectivity index is 1.77. The Bertz CT molecular complexity index is 758. The lowest BCUT2D eigenvalue weighted by molar-refractivity contribution is 0.102. The fourth-order valence-corrected chi connectivity index (χ4v) is 2.99. The molecular weight excluding hydrogens is 332 g/mol. The lowest BCUT2D eigenvalue weighted by atomic mass is 10.2. The van der Waals surface area contributed by atoms with E-state index in [0.717, 1.165) is 25.9 Å². The average Bonchev–Trinajstić information content (AvgIpc) is 2.98. The third kappa shape index (κ3) is 4.22. The predicted octanol–water partition coefficient (Wildman–Crippen LogP) is 3.13. The summed E-state index contributed by atoms with van der Waals surface area (Å²) in [5.74, 6) is 1.50. The van der Waals surface area contributed by atoms with Crippen LogP contribution in [0.1, 0.15) is 36.2 Å². The molecule has 1 saturated heterocycles. The van der Waals surface area contributed by atoms with Gasteiger partial charge in [-0.15, -0.1) is 0 Å². The van der Waals surface area contributed by atoms with Crippen LogP contribution >= 0.6 is 0 Å². The minimum Gasteiger partial charge on any atom is -0.497 e. The molecule has 1 N–H and O–H groups in total. The van der Waals surface area contributed by atoms with Crippen molar-refractivity contribution >= 4 is 17.5 Å². The average molecular weight is 356 g/mol. The fraction of sp³-hybridized carbons (Fsp3) is 0.421. The quantitative estimate of drug-likeness (QED) is 0.887. The molecule has 1 amide bonds. The van der Waals surface area contributed by atoms with Crippen LogP contribution in [0.2, 0.25) is 0 Å². The summed E-state index contributed by atoms with van der Waals surface area (Å²) in [6.07, 6.45) is 6.35. The number of methoxy groups -OCH3 is 2. The highest BCUT2D eigenvalue weighted by atomic mass is 16.5. The summed E-state index contributed by atoms with van der Waals surface area (Å²) in [7, 11) is 3.13. The lowest BCUT2D eigenvalue weighted by Gasteiger charge is -2.20. The molecular formula is C19H24N4O3. The highest BCUT2D eigenvalue weighted by molar-refractivity contribution is 6.03. The van der Waals surface area contributed by atoms with E-state index < -0.39 is 0 Å². The van der Waals surface area contributed by atoms with E-state index in [9.17, 15) is 4.79 Å². The number of nitrogens with one attached hydrogen (secondary N) is 1. The van der Waals surface area contributed by atoms with Crippen LogP contribution in [0.25, 0.3) is 0 Å². The molecule has 0 atom stereocenters. The second-order valence-corrected chi connectivity index (χ2v) is 6.16. The zero-order chi connectivity index (χ0) is 18.4. The lowest BCUT2D eigenvalue weighted by Crippen LogP contribution is -2.27. The van der Waals surface area contributed by atoms with Gasteiger partial charge >= 0.3 is 0 Å². The second-order valence-electron chi connectivity index (χ2n) is 6.16. The van der Waals surface area contributed by atoms with Crippen LogP contribution in [0.3, 0.4) is 0 Å². The van der Waals surface area contributed by atoms with Crippen molar-refractivity contribution in [3.8, 4) is 11.5 Å². The van der Waals surface area contributed by atoms with E-state index in [-0.39, 0.29) is 5.91 Å². The third-order valence-corrected chi connectivity index (χ3v) is 4.42. The van der Waals surface area contributed by atoms with Gasteiger partial charge in [0.1, 0.15) is 17.2 Å². The van der Waals surface area contributed by atoms with E-state index in [0.29, 0.717) is 28.8 Å². The summed E-state index contributed by atoms with van der Waals surface area (Å²) in [6.45, 7) is 1.86. The number of carbonyl (C=O) groups is 1. The van der Waals surface area contributed by atoms with Gasteiger partial charge in [-0.05, 0) is 31.0 Å². The highest BCUT2D eigenvalue weighted by Crippen LogP contribution is 2.29. The van der Waals surface area contributed by atoms with Crippen molar-refractivity contribution in [3.05, 3.63) is 36.2 Å². The largest absolute Gasteiger partial charge is 0.497 e. The molecule has 0 spiro atoms. The Morgan fingerprint density at radius 1 is 1.08 bits per heavy atom. The van der Waals surface area contributed by atoms with Gasteiger partial charge in [0.2, 0.25) is 5.95 Å². The first kappa shape index (κ1) is 18.0. The molecule has 3 rings (SSSR count). The predicted molar refractivity (Wildman–Crippen MR) is 100 cm³/mol. The van der Waals surface area contributed by atoms with Crippen molar-refractivity contribution in [2.45, 2.75) is 25.7 Å². The van der Waals surface area contributed by atoms with E-state index in [1.807, 2.05) is 0 Å². The molecule has 0 radical (unpaired) electrons. The molecule has 2 aromatic rings. The summed E-state index contributed by atoms with van der Waals surface area (Å²) >= 11 is 0. The van der Waals surface area contributed by atoms with Gasteiger partial charge in [0.25, 0.3) is 5.91 Å². The number of carbonyl (C=O) groups excluding carboxylic acids is 1. The van der Waals surface area contributed by atoms with Gasteiger partial charge in [0, 0.05) is 25.4 Å². The second kappa shape index (κ2) is 8.51. The molecule has 2 heterocycles. The molecule has 7 nitrogen and oxygen atoms in total. The topological polar surface area (TPSA) is 76.6 Å². The van der Waals surface area contributed by atoms with Crippen LogP contribution in [0, 0.1) is 0 Å².